The lowest BCUT2D eigenvalue weighted by Gasteiger charge is -2.15. The van der Waals surface area contributed by atoms with E-state index in [1.807, 2.05) is 32.9 Å². The van der Waals surface area contributed by atoms with Gasteiger partial charge in [-0.25, -0.2) is 4.98 Å². The normalized spacial score (nSPS) is 12.9. The van der Waals surface area contributed by atoms with Crippen molar-refractivity contribution in [3.05, 3.63) is 17.8 Å². The van der Waals surface area contributed by atoms with Gasteiger partial charge in [-0.1, -0.05) is 13.8 Å². The molecule has 15 heavy (non-hydrogen) atoms. The van der Waals surface area contributed by atoms with Gasteiger partial charge in [0, 0.05) is 6.54 Å². The standard InChI is InChI=1S/C11H19N3O/c1-7(2)10(15)6-13-11-5-4-9(12)8(3)14-11/h4-5,7,10,15H,6,12H2,1-3H3,(H,13,14). The first kappa shape index (κ1) is 11.8. The van der Waals surface area contributed by atoms with Gasteiger partial charge in [0.2, 0.25) is 0 Å². The number of pyridine rings is 1. The van der Waals surface area contributed by atoms with Crippen LogP contribution in [0.1, 0.15) is 19.5 Å². The molecule has 84 valence electrons. The first-order chi connectivity index (χ1) is 7.00. The Morgan fingerprint density at radius 2 is 2.13 bits per heavy atom. The second kappa shape index (κ2) is 4.98. The Morgan fingerprint density at radius 3 is 2.67 bits per heavy atom. The van der Waals surface area contributed by atoms with Crippen LogP contribution in [0, 0.1) is 12.8 Å². The van der Waals surface area contributed by atoms with Crippen molar-refractivity contribution < 1.29 is 5.11 Å². The van der Waals surface area contributed by atoms with Gasteiger partial charge in [0.1, 0.15) is 5.82 Å². The molecule has 1 aromatic heterocycles. The van der Waals surface area contributed by atoms with E-state index in [9.17, 15) is 5.11 Å². The van der Waals surface area contributed by atoms with Crippen LogP contribution in [0.5, 0.6) is 0 Å². The van der Waals surface area contributed by atoms with Gasteiger partial charge in [0.05, 0.1) is 17.5 Å². The molecule has 0 bridgehead atoms. The molecule has 0 aromatic carbocycles. The highest BCUT2D eigenvalue weighted by atomic mass is 16.3. The van der Waals surface area contributed by atoms with Crippen molar-refractivity contribution >= 4 is 11.5 Å². The van der Waals surface area contributed by atoms with Gasteiger partial charge in [-0.2, -0.15) is 0 Å². The quantitative estimate of drug-likeness (QED) is 0.701. The van der Waals surface area contributed by atoms with E-state index in [1.165, 1.54) is 0 Å². The molecule has 0 spiro atoms. The van der Waals surface area contributed by atoms with Crippen molar-refractivity contribution in [1.29, 1.82) is 0 Å². The Hall–Kier alpha value is -1.29. The third-order valence-corrected chi connectivity index (χ3v) is 2.39. The molecule has 4 N–H and O–H groups in total. The molecule has 0 saturated heterocycles. The topological polar surface area (TPSA) is 71.2 Å². The minimum Gasteiger partial charge on any atom is -0.397 e. The average molecular weight is 209 g/mol. The van der Waals surface area contributed by atoms with E-state index in [0.29, 0.717) is 12.2 Å². The van der Waals surface area contributed by atoms with Crippen LogP contribution in [0.4, 0.5) is 11.5 Å². The van der Waals surface area contributed by atoms with E-state index >= 15 is 0 Å². The van der Waals surface area contributed by atoms with Crippen molar-refractivity contribution in [2.75, 3.05) is 17.6 Å². The maximum absolute atomic E-state index is 9.60. The number of hydrogen-bond donors (Lipinski definition) is 3. The fraction of sp³-hybridized carbons (Fsp3) is 0.545. The van der Waals surface area contributed by atoms with Crippen molar-refractivity contribution in [1.82, 2.24) is 4.98 Å². The summed E-state index contributed by atoms with van der Waals surface area (Å²) in [5.74, 6) is 0.994. The molecule has 0 aliphatic heterocycles. The molecular weight excluding hydrogens is 190 g/mol. The van der Waals surface area contributed by atoms with Crippen molar-refractivity contribution in [2.24, 2.45) is 5.92 Å². The minimum absolute atomic E-state index is 0.243. The molecule has 4 nitrogen and oxygen atoms in total. The van der Waals surface area contributed by atoms with Gasteiger partial charge in [-0.15, -0.1) is 0 Å². The lowest BCUT2D eigenvalue weighted by molar-refractivity contribution is 0.138. The predicted octanol–water partition coefficient (Wildman–Crippen LogP) is 1.40. The van der Waals surface area contributed by atoms with E-state index < -0.39 is 0 Å². The van der Waals surface area contributed by atoms with Gasteiger partial charge in [-0.05, 0) is 25.0 Å². The highest BCUT2D eigenvalue weighted by Gasteiger charge is 2.08. The summed E-state index contributed by atoms with van der Waals surface area (Å²) in [7, 11) is 0. The Kier molecular flexibility index (Phi) is 3.91. The van der Waals surface area contributed by atoms with E-state index in [4.69, 9.17) is 5.73 Å². The van der Waals surface area contributed by atoms with Gasteiger partial charge in [-0.3, -0.25) is 0 Å². The number of aryl methyl sites for hydroxylation is 1. The summed E-state index contributed by atoms with van der Waals surface area (Å²) in [6.45, 7) is 6.33. The molecule has 0 radical (unpaired) electrons. The van der Waals surface area contributed by atoms with Crippen LogP contribution in [-0.2, 0) is 0 Å². The fourth-order valence-corrected chi connectivity index (χ4v) is 1.12. The zero-order valence-corrected chi connectivity index (χ0v) is 9.49. The summed E-state index contributed by atoms with van der Waals surface area (Å²) in [5.41, 5.74) is 7.14. The summed E-state index contributed by atoms with van der Waals surface area (Å²) < 4.78 is 0. The summed E-state index contributed by atoms with van der Waals surface area (Å²) in [5, 5.41) is 12.7. The minimum atomic E-state index is -0.357. The van der Waals surface area contributed by atoms with Crippen LogP contribution in [-0.4, -0.2) is 22.7 Å². The molecule has 0 fully saturated rings. The third kappa shape index (κ3) is 3.40. The summed E-state index contributed by atoms with van der Waals surface area (Å²) in [6, 6.07) is 3.63. The van der Waals surface area contributed by atoms with E-state index in [2.05, 4.69) is 10.3 Å². The molecule has 4 heteroatoms. The first-order valence-corrected chi connectivity index (χ1v) is 5.15. The largest absolute Gasteiger partial charge is 0.397 e. The molecule has 1 unspecified atom stereocenters. The Morgan fingerprint density at radius 1 is 1.47 bits per heavy atom. The maximum atomic E-state index is 9.60. The second-order valence-corrected chi connectivity index (χ2v) is 4.06. The third-order valence-electron chi connectivity index (χ3n) is 2.39. The number of aromatic nitrogens is 1. The second-order valence-electron chi connectivity index (χ2n) is 4.06. The Balaban J connectivity index is 2.55. The summed E-state index contributed by atoms with van der Waals surface area (Å²) in [6.07, 6.45) is -0.357. The van der Waals surface area contributed by atoms with Crippen LogP contribution in [0.15, 0.2) is 12.1 Å². The average Bonchev–Trinajstić information content (AvgIpc) is 2.19. The monoisotopic (exact) mass is 209 g/mol. The lowest BCUT2D eigenvalue weighted by Crippen LogP contribution is -2.25. The number of anilines is 2. The van der Waals surface area contributed by atoms with Crippen LogP contribution in [0.2, 0.25) is 0 Å². The molecule has 0 saturated carbocycles. The molecule has 1 atom stereocenters. The number of hydrogen-bond acceptors (Lipinski definition) is 4. The van der Waals surface area contributed by atoms with Crippen LogP contribution in [0.3, 0.4) is 0 Å². The van der Waals surface area contributed by atoms with Gasteiger partial charge in [0.25, 0.3) is 0 Å². The van der Waals surface area contributed by atoms with Crippen molar-refractivity contribution in [3.8, 4) is 0 Å². The Labute approximate surface area is 90.5 Å². The number of nitrogen functional groups attached to an aromatic ring is 1. The molecule has 0 amide bonds. The number of aliphatic hydroxyl groups excluding tert-OH is 1. The number of nitrogens with zero attached hydrogens (tertiary/aromatic N) is 1. The smallest absolute Gasteiger partial charge is 0.126 e. The SMILES string of the molecule is Cc1nc(NCC(O)C(C)C)ccc1N. The Bertz CT molecular complexity index is 326. The summed E-state index contributed by atoms with van der Waals surface area (Å²) >= 11 is 0. The zero-order chi connectivity index (χ0) is 11.4. The van der Waals surface area contributed by atoms with Gasteiger partial charge >= 0.3 is 0 Å². The van der Waals surface area contributed by atoms with Crippen LogP contribution >= 0.6 is 0 Å². The number of rotatable bonds is 4. The number of aliphatic hydroxyl groups is 1. The molecule has 0 aliphatic rings. The molecule has 1 rings (SSSR count). The highest BCUT2D eigenvalue weighted by molar-refractivity contribution is 5.49. The zero-order valence-electron chi connectivity index (χ0n) is 9.49. The molecule has 1 aromatic rings. The number of nitrogens with one attached hydrogen (secondary N) is 1. The van der Waals surface area contributed by atoms with E-state index in [0.717, 1.165) is 11.5 Å². The van der Waals surface area contributed by atoms with Crippen molar-refractivity contribution in [2.45, 2.75) is 26.9 Å². The maximum Gasteiger partial charge on any atom is 0.126 e. The molecule has 1 heterocycles. The first-order valence-electron chi connectivity index (χ1n) is 5.15. The van der Waals surface area contributed by atoms with Gasteiger partial charge < -0.3 is 16.2 Å². The van der Waals surface area contributed by atoms with E-state index in [-0.39, 0.29) is 12.0 Å². The predicted molar refractivity (Wildman–Crippen MR) is 62.7 cm³/mol. The fourth-order valence-electron chi connectivity index (χ4n) is 1.12. The summed E-state index contributed by atoms with van der Waals surface area (Å²) in [4.78, 5) is 4.26. The highest BCUT2D eigenvalue weighted by Crippen LogP contribution is 2.12. The van der Waals surface area contributed by atoms with E-state index in [1.54, 1.807) is 0 Å². The lowest BCUT2D eigenvalue weighted by atomic mass is 10.1. The number of nitrogens with two attached hydrogens (primary N) is 1. The van der Waals surface area contributed by atoms with Crippen molar-refractivity contribution in [3.63, 3.8) is 0 Å². The van der Waals surface area contributed by atoms with Crippen LogP contribution in [0.25, 0.3) is 0 Å². The molecule has 0 aliphatic carbocycles. The molecular formula is C11H19N3O. The van der Waals surface area contributed by atoms with Crippen LogP contribution < -0.4 is 11.1 Å². The van der Waals surface area contributed by atoms with Gasteiger partial charge in [0.15, 0.2) is 0 Å².